The van der Waals surface area contributed by atoms with Crippen LogP contribution in [0.3, 0.4) is 0 Å². The molecular weight excluding hydrogens is 507 g/mol. The number of rotatable bonds is 10. The summed E-state index contributed by atoms with van der Waals surface area (Å²) in [6.45, 7) is -0.980. The Morgan fingerprint density at radius 1 is 1.13 bits per heavy atom. The number of carbonyl (C=O) groups is 2. The average molecular weight is 531 g/mol. The maximum absolute atomic E-state index is 14.0. The van der Waals surface area contributed by atoms with Crippen LogP contribution in [0.25, 0.3) is 0 Å². The van der Waals surface area contributed by atoms with E-state index in [9.17, 15) is 27.6 Å². The molecule has 0 aliphatic carbocycles. The lowest BCUT2D eigenvalue weighted by Crippen LogP contribution is -2.43. The predicted molar refractivity (Wildman–Crippen MR) is 128 cm³/mol. The summed E-state index contributed by atoms with van der Waals surface area (Å²) in [5, 5.41) is 13.9. The first-order valence-corrected chi connectivity index (χ1v) is 11.6. The van der Waals surface area contributed by atoms with Crippen molar-refractivity contribution >= 4 is 11.8 Å². The molecule has 0 bridgehead atoms. The summed E-state index contributed by atoms with van der Waals surface area (Å²) in [7, 11) is 0. The third kappa shape index (κ3) is 5.87. The number of nitrogens with zero attached hydrogens (tertiary/aromatic N) is 1. The number of carbonyl (C=O) groups excluding carboxylic acids is 2. The van der Waals surface area contributed by atoms with Crippen molar-refractivity contribution in [2.75, 3.05) is 19.9 Å². The lowest BCUT2D eigenvalue weighted by atomic mass is 10.1. The molecule has 0 spiro atoms. The molecule has 9 nitrogen and oxygen atoms in total. The molecule has 0 unspecified atom stereocenters. The van der Waals surface area contributed by atoms with Crippen LogP contribution >= 0.6 is 0 Å². The number of aliphatic hydroxyl groups excluding tert-OH is 1. The number of fused-ring (bicyclic) bond motifs is 1. The number of aromatic nitrogens is 1. The Morgan fingerprint density at radius 2 is 1.84 bits per heavy atom. The molecule has 0 fully saturated rings. The van der Waals surface area contributed by atoms with Crippen LogP contribution in [0.15, 0.2) is 53.5 Å². The summed E-state index contributed by atoms with van der Waals surface area (Å²) < 4.78 is 53.5. The molecule has 2 amide bonds. The van der Waals surface area contributed by atoms with Gasteiger partial charge < -0.3 is 29.8 Å². The van der Waals surface area contributed by atoms with Gasteiger partial charge in [0, 0.05) is 37.0 Å². The molecule has 2 heterocycles. The van der Waals surface area contributed by atoms with E-state index in [1.54, 1.807) is 30.3 Å². The Labute approximate surface area is 214 Å². The van der Waals surface area contributed by atoms with Crippen molar-refractivity contribution in [1.82, 2.24) is 15.2 Å². The monoisotopic (exact) mass is 531 g/mol. The maximum atomic E-state index is 14.0. The molecule has 1 atom stereocenters. The van der Waals surface area contributed by atoms with Gasteiger partial charge in [0.15, 0.2) is 11.4 Å². The van der Waals surface area contributed by atoms with Gasteiger partial charge in [-0.3, -0.25) is 14.4 Å². The van der Waals surface area contributed by atoms with Gasteiger partial charge in [-0.25, -0.2) is 13.2 Å². The van der Waals surface area contributed by atoms with Crippen molar-refractivity contribution < 1.29 is 37.3 Å². The standard InChI is InChI=1S/C26H24F3N3O6/c27-16-8-20(28)18(21(29)9-16)11-31-25(35)19-12-32-17(6-7-37-14-33)10-30-26(36)22(32)24(23(19)34)38-13-15-4-2-1-3-5-15/h1-5,8-9,12,17,33H,6-7,10-11,13-14H2,(H,30,36)(H,31,35)/t17-/m0/s1. The number of halogens is 3. The van der Waals surface area contributed by atoms with Crippen molar-refractivity contribution in [3.05, 3.63) is 98.7 Å². The van der Waals surface area contributed by atoms with E-state index < -0.39 is 65.2 Å². The first-order valence-electron chi connectivity index (χ1n) is 11.6. The lowest BCUT2D eigenvalue weighted by Gasteiger charge is -2.30. The molecule has 0 radical (unpaired) electrons. The van der Waals surface area contributed by atoms with Crippen LogP contribution in [0, 0.1) is 17.5 Å². The van der Waals surface area contributed by atoms with Crippen molar-refractivity contribution in [2.45, 2.75) is 25.6 Å². The SMILES string of the molecule is O=C(NCc1c(F)cc(F)cc1F)c1cn2c(c(OCc3ccccc3)c1=O)C(=O)NC[C@@H]2CCOCO. The van der Waals surface area contributed by atoms with Gasteiger partial charge in [0.2, 0.25) is 5.43 Å². The van der Waals surface area contributed by atoms with Crippen LogP contribution in [-0.2, 0) is 17.9 Å². The van der Waals surface area contributed by atoms with Gasteiger partial charge in [-0.1, -0.05) is 30.3 Å². The minimum absolute atomic E-state index is 0.0777. The number of nitrogens with one attached hydrogen (secondary N) is 2. The molecule has 2 aromatic carbocycles. The van der Waals surface area contributed by atoms with Gasteiger partial charge in [-0.05, 0) is 12.0 Å². The molecule has 200 valence electrons. The molecule has 0 saturated carbocycles. The molecule has 1 aliphatic rings. The molecule has 3 N–H and O–H groups in total. The third-order valence-corrected chi connectivity index (χ3v) is 5.99. The Kier molecular flexibility index (Phi) is 8.44. The number of benzene rings is 2. The zero-order valence-corrected chi connectivity index (χ0v) is 20.0. The number of aliphatic hydroxyl groups is 1. The normalized spacial score (nSPS) is 14.5. The number of hydrogen-bond acceptors (Lipinski definition) is 6. The van der Waals surface area contributed by atoms with Gasteiger partial charge in [0.1, 0.15) is 36.4 Å². The Morgan fingerprint density at radius 3 is 2.53 bits per heavy atom. The van der Waals surface area contributed by atoms with E-state index in [2.05, 4.69) is 10.6 Å². The first-order chi connectivity index (χ1) is 18.3. The van der Waals surface area contributed by atoms with E-state index in [1.165, 1.54) is 10.8 Å². The Bertz CT molecular complexity index is 1370. The number of amides is 2. The Balaban J connectivity index is 1.70. The van der Waals surface area contributed by atoms with Crippen LogP contribution in [-0.4, -0.2) is 41.4 Å². The second-order valence-electron chi connectivity index (χ2n) is 8.45. The smallest absolute Gasteiger partial charge is 0.272 e. The minimum atomic E-state index is -1.20. The zero-order valence-electron chi connectivity index (χ0n) is 20.0. The van der Waals surface area contributed by atoms with Crippen LogP contribution in [0.4, 0.5) is 13.2 Å². The fourth-order valence-corrected chi connectivity index (χ4v) is 4.07. The average Bonchev–Trinajstić information content (AvgIpc) is 2.89. The van der Waals surface area contributed by atoms with Crippen molar-refractivity contribution in [2.24, 2.45) is 0 Å². The molecule has 0 saturated heterocycles. The highest BCUT2D eigenvalue weighted by atomic mass is 19.1. The number of ether oxygens (including phenoxy) is 2. The first kappa shape index (κ1) is 26.9. The van der Waals surface area contributed by atoms with Gasteiger partial charge in [0.05, 0.1) is 12.6 Å². The molecule has 4 rings (SSSR count). The fraction of sp³-hybridized carbons (Fsp3) is 0.269. The summed E-state index contributed by atoms with van der Waals surface area (Å²) in [5.74, 6) is -5.44. The molecular formula is C26H24F3N3O6. The van der Waals surface area contributed by atoms with Crippen LogP contribution in [0.5, 0.6) is 5.75 Å². The Hall–Kier alpha value is -4.16. The van der Waals surface area contributed by atoms with E-state index in [1.807, 2.05) is 0 Å². The van der Waals surface area contributed by atoms with Gasteiger partial charge in [-0.2, -0.15) is 0 Å². The quantitative estimate of drug-likeness (QED) is 0.273. The van der Waals surface area contributed by atoms with E-state index in [4.69, 9.17) is 14.6 Å². The third-order valence-electron chi connectivity index (χ3n) is 5.99. The summed E-state index contributed by atoms with van der Waals surface area (Å²) in [4.78, 5) is 39.2. The minimum Gasteiger partial charge on any atom is -0.483 e. The van der Waals surface area contributed by atoms with E-state index in [0.29, 0.717) is 24.1 Å². The van der Waals surface area contributed by atoms with Crippen molar-refractivity contribution in [3.63, 3.8) is 0 Å². The topological polar surface area (TPSA) is 119 Å². The van der Waals surface area contributed by atoms with Gasteiger partial charge >= 0.3 is 0 Å². The highest BCUT2D eigenvalue weighted by Crippen LogP contribution is 2.26. The molecule has 38 heavy (non-hydrogen) atoms. The number of pyridine rings is 1. The highest BCUT2D eigenvalue weighted by molar-refractivity contribution is 5.99. The highest BCUT2D eigenvalue weighted by Gasteiger charge is 2.32. The second-order valence-corrected chi connectivity index (χ2v) is 8.45. The molecule has 3 aromatic rings. The van der Waals surface area contributed by atoms with Crippen molar-refractivity contribution in [1.29, 1.82) is 0 Å². The molecule has 1 aliphatic heterocycles. The van der Waals surface area contributed by atoms with Gasteiger partial charge in [0.25, 0.3) is 11.8 Å². The summed E-state index contributed by atoms with van der Waals surface area (Å²) in [5.41, 5.74) is -1.31. The van der Waals surface area contributed by atoms with E-state index >= 15 is 0 Å². The second kappa shape index (κ2) is 11.9. The largest absolute Gasteiger partial charge is 0.483 e. The van der Waals surface area contributed by atoms with Crippen molar-refractivity contribution in [3.8, 4) is 5.75 Å². The van der Waals surface area contributed by atoms with Crippen LogP contribution < -0.4 is 20.8 Å². The summed E-state index contributed by atoms with van der Waals surface area (Å²) in [6, 6.07) is 9.32. The fourth-order valence-electron chi connectivity index (χ4n) is 4.07. The molecule has 1 aromatic heterocycles. The predicted octanol–water partition coefficient (Wildman–Crippen LogP) is 2.42. The maximum Gasteiger partial charge on any atom is 0.272 e. The lowest BCUT2D eigenvalue weighted by molar-refractivity contribution is -0.00648. The van der Waals surface area contributed by atoms with E-state index in [0.717, 1.165) is 0 Å². The van der Waals surface area contributed by atoms with Crippen LogP contribution in [0.2, 0.25) is 0 Å². The van der Waals surface area contributed by atoms with Gasteiger partial charge in [-0.15, -0.1) is 0 Å². The molecule has 12 heteroatoms. The zero-order chi connectivity index (χ0) is 27.2. The summed E-state index contributed by atoms with van der Waals surface area (Å²) in [6.07, 6.45) is 1.49. The van der Waals surface area contributed by atoms with E-state index in [-0.39, 0.29) is 31.2 Å². The summed E-state index contributed by atoms with van der Waals surface area (Å²) >= 11 is 0. The van der Waals surface area contributed by atoms with Crippen LogP contribution in [0.1, 0.15) is 44.4 Å². The number of hydrogen-bond donors (Lipinski definition) is 3.